The number of hydrogen-bond donors (Lipinski definition) is 3. The molecule has 0 radical (unpaired) electrons. The van der Waals surface area contributed by atoms with E-state index in [1.165, 1.54) is 11.3 Å². The van der Waals surface area contributed by atoms with E-state index >= 15 is 0 Å². The molecular weight excluding hydrogens is 214 g/mol. The lowest BCUT2D eigenvalue weighted by atomic mass is 9.95. The van der Waals surface area contributed by atoms with Crippen LogP contribution in [-0.4, -0.2) is 29.1 Å². The minimum Gasteiger partial charge on any atom is -0.396 e. The number of nitrogens with zero attached hydrogens (tertiary/aromatic N) is 1. The molecule has 1 aromatic heterocycles. The number of aliphatic hydroxyl groups is 1. The predicted octanol–water partition coefficient (Wildman–Crippen LogP) is 0.474. The van der Waals surface area contributed by atoms with Gasteiger partial charge in [0.1, 0.15) is 5.69 Å². The molecule has 0 unspecified atom stereocenters. The number of aliphatic hydroxyl groups excluding tert-OH is 1. The van der Waals surface area contributed by atoms with E-state index in [2.05, 4.69) is 10.3 Å². The van der Waals surface area contributed by atoms with Crippen LogP contribution < -0.4 is 11.1 Å². The van der Waals surface area contributed by atoms with Crippen LogP contribution in [0.2, 0.25) is 0 Å². The molecule has 0 aliphatic rings. The second kappa shape index (κ2) is 4.59. The molecule has 0 fully saturated rings. The number of anilines is 1. The van der Waals surface area contributed by atoms with Gasteiger partial charge in [-0.1, -0.05) is 13.8 Å². The minimum atomic E-state index is -0.322. The lowest BCUT2D eigenvalue weighted by molar-refractivity contribution is 0.0907. The number of amides is 1. The van der Waals surface area contributed by atoms with Gasteiger partial charge in [0.15, 0.2) is 5.13 Å². The van der Waals surface area contributed by atoms with Crippen LogP contribution in [0.1, 0.15) is 24.3 Å². The average Bonchev–Trinajstić information content (AvgIpc) is 2.61. The van der Waals surface area contributed by atoms with E-state index in [0.717, 1.165) is 0 Å². The Kier molecular flexibility index (Phi) is 3.65. The highest BCUT2D eigenvalue weighted by molar-refractivity contribution is 7.13. The van der Waals surface area contributed by atoms with E-state index in [9.17, 15) is 4.79 Å². The van der Waals surface area contributed by atoms with E-state index in [1.54, 1.807) is 5.38 Å². The first-order chi connectivity index (χ1) is 6.94. The van der Waals surface area contributed by atoms with Gasteiger partial charge < -0.3 is 16.2 Å². The quantitative estimate of drug-likeness (QED) is 0.700. The van der Waals surface area contributed by atoms with Gasteiger partial charge in [-0.2, -0.15) is 0 Å². The van der Waals surface area contributed by atoms with Crippen LogP contribution in [0.5, 0.6) is 0 Å². The Morgan fingerprint density at radius 3 is 2.87 bits per heavy atom. The lowest BCUT2D eigenvalue weighted by Gasteiger charge is -2.21. The molecule has 1 rings (SSSR count). The number of aromatic nitrogens is 1. The molecule has 1 amide bonds. The van der Waals surface area contributed by atoms with Crippen LogP contribution >= 0.6 is 11.3 Å². The highest BCUT2D eigenvalue weighted by Crippen LogP contribution is 2.13. The van der Waals surface area contributed by atoms with Crippen molar-refractivity contribution in [2.45, 2.75) is 13.8 Å². The summed E-state index contributed by atoms with van der Waals surface area (Å²) in [5.74, 6) is -0.260. The van der Waals surface area contributed by atoms with Crippen molar-refractivity contribution in [3.8, 4) is 0 Å². The molecule has 15 heavy (non-hydrogen) atoms. The van der Waals surface area contributed by atoms with Crippen LogP contribution in [-0.2, 0) is 0 Å². The maximum atomic E-state index is 11.5. The zero-order chi connectivity index (χ0) is 11.5. The van der Waals surface area contributed by atoms with Crippen LogP contribution in [0.4, 0.5) is 5.13 Å². The van der Waals surface area contributed by atoms with Crippen molar-refractivity contribution >= 4 is 22.4 Å². The minimum absolute atomic E-state index is 0.0203. The van der Waals surface area contributed by atoms with Crippen molar-refractivity contribution in [2.75, 3.05) is 18.9 Å². The van der Waals surface area contributed by atoms with Crippen LogP contribution in [0.15, 0.2) is 5.38 Å². The first-order valence-electron chi connectivity index (χ1n) is 4.55. The molecule has 0 bridgehead atoms. The summed E-state index contributed by atoms with van der Waals surface area (Å²) in [6.07, 6.45) is 0. The fourth-order valence-corrected chi connectivity index (χ4v) is 1.40. The number of carbonyl (C=O) groups excluding carboxylic acids is 1. The first kappa shape index (κ1) is 11.9. The highest BCUT2D eigenvalue weighted by atomic mass is 32.1. The third-order valence-electron chi connectivity index (χ3n) is 1.91. The van der Waals surface area contributed by atoms with Gasteiger partial charge in [-0.3, -0.25) is 4.79 Å². The number of hydrogen-bond acceptors (Lipinski definition) is 5. The van der Waals surface area contributed by atoms with Gasteiger partial charge in [0, 0.05) is 23.9 Å². The summed E-state index contributed by atoms with van der Waals surface area (Å²) in [5, 5.41) is 13.7. The Bertz CT molecular complexity index is 349. The van der Waals surface area contributed by atoms with Gasteiger partial charge in [-0.05, 0) is 0 Å². The van der Waals surface area contributed by atoms with Crippen molar-refractivity contribution in [1.29, 1.82) is 0 Å². The maximum absolute atomic E-state index is 11.5. The standard InChI is InChI=1S/C9H15N3O2S/c1-9(2,5-13)4-11-7(14)6-3-15-8(10)12-6/h3,13H,4-5H2,1-2H3,(H2,10,12)(H,11,14). The fraction of sp³-hybridized carbons (Fsp3) is 0.556. The molecule has 0 saturated carbocycles. The molecule has 0 aliphatic carbocycles. The van der Waals surface area contributed by atoms with Crippen LogP contribution in [0.25, 0.3) is 0 Å². The second-order valence-corrected chi connectivity index (χ2v) is 4.97. The molecule has 5 nitrogen and oxygen atoms in total. The third kappa shape index (κ3) is 3.49. The smallest absolute Gasteiger partial charge is 0.270 e. The molecule has 1 heterocycles. The molecule has 0 aliphatic heterocycles. The van der Waals surface area contributed by atoms with Gasteiger partial charge in [0.25, 0.3) is 5.91 Å². The first-order valence-corrected chi connectivity index (χ1v) is 5.43. The van der Waals surface area contributed by atoms with E-state index in [1.807, 2.05) is 13.8 Å². The van der Waals surface area contributed by atoms with E-state index in [0.29, 0.717) is 17.4 Å². The summed E-state index contributed by atoms with van der Waals surface area (Å²) < 4.78 is 0. The number of thiazole rings is 1. The Labute approximate surface area is 92.3 Å². The average molecular weight is 229 g/mol. The molecule has 84 valence electrons. The maximum Gasteiger partial charge on any atom is 0.270 e. The third-order valence-corrected chi connectivity index (χ3v) is 2.58. The molecule has 4 N–H and O–H groups in total. The zero-order valence-corrected chi connectivity index (χ0v) is 9.60. The molecule has 0 spiro atoms. The molecule has 0 atom stereocenters. The number of nitrogen functional groups attached to an aromatic ring is 1. The number of nitrogens with one attached hydrogen (secondary N) is 1. The summed E-state index contributed by atoms with van der Waals surface area (Å²) in [4.78, 5) is 15.4. The molecule has 0 aromatic carbocycles. The van der Waals surface area contributed by atoms with Crippen molar-refractivity contribution in [1.82, 2.24) is 10.3 Å². The Morgan fingerprint density at radius 2 is 2.40 bits per heavy atom. The van der Waals surface area contributed by atoms with Crippen molar-refractivity contribution in [3.63, 3.8) is 0 Å². The van der Waals surface area contributed by atoms with Crippen molar-refractivity contribution in [2.24, 2.45) is 5.41 Å². The fourth-order valence-electron chi connectivity index (χ4n) is 0.858. The molecule has 1 aromatic rings. The van der Waals surface area contributed by atoms with Gasteiger partial charge in [0.2, 0.25) is 0 Å². The zero-order valence-electron chi connectivity index (χ0n) is 8.78. The van der Waals surface area contributed by atoms with Crippen LogP contribution in [0, 0.1) is 5.41 Å². The largest absolute Gasteiger partial charge is 0.396 e. The van der Waals surface area contributed by atoms with Crippen LogP contribution in [0.3, 0.4) is 0 Å². The molecule has 6 heteroatoms. The van der Waals surface area contributed by atoms with Gasteiger partial charge in [-0.25, -0.2) is 4.98 Å². The summed E-state index contributed by atoms with van der Waals surface area (Å²) in [5.41, 5.74) is 5.41. The van der Waals surface area contributed by atoms with Crippen molar-refractivity contribution in [3.05, 3.63) is 11.1 Å². The van der Waals surface area contributed by atoms with Gasteiger partial charge >= 0.3 is 0 Å². The van der Waals surface area contributed by atoms with Gasteiger partial charge in [-0.15, -0.1) is 11.3 Å². The summed E-state index contributed by atoms with van der Waals surface area (Å²) in [7, 11) is 0. The highest BCUT2D eigenvalue weighted by Gasteiger charge is 2.18. The SMILES string of the molecule is CC(C)(CO)CNC(=O)c1csc(N)n1. The van der Waals surface area contributed by atoms with E-state index in [-0.39, 0.29) is 17.9 Å². The lowest BCUT2D eigenvalue weighted by Crippen LogP contribution is -2.36. The van der Waals surface area contributed by atoms with Crippen molar-refractivity contribution < 1.29 is 9.90 Å². The summed E-state index contributed by atoms with van der Waals surface area (Å²) in [6, 6.07) is 0. The number of carbonyl (C=O) groups is 1. The predicted molar refractivity (Wildman–Crippen MR) is 59.7 cm³/mol. The monoisotopic (exact) mass is 229 g/mol. The number of rotatable bonds is 4. The summed E-state index contributed by atoms with van der Waals surface area (Å²) in [6.45, 7) is 4.15. The second-order valence-electron chi connectivity index (χ2n) is 4.08. The molecule has 0 saturated heterocycles. The Morgan fingerprint density at radius 1 is 1.73 bits per heavy atom. The number of nitrogens with two attached hydrogens (primary N) is 1. The Balaban J connectivity index is 2.50. The molecular formula is C9H15N3O2S. The topological polar surface area (TPSA) is 88.2 Å². The van der Waals surface area contributed by atoms with E-state index in [4.69, 9.17) is 10.8 Å². The van der Waals surface area contributed by atoms with E-state index < -0.39 is 0 Å². The summed E-state index contributed by atoms with van der Waals surface area (Å²) >= 11 is 1.23. The Hall–Kier alpha value is -1.14. The normalized spacial score (nSPS) is 11.4. The van der Waals surface area contributed by atoms with Gasteiger partial charge in [0.05, 0.1) is 0 Å².